The molecule has 25 heavy (non-hydrogen) atoms. The number of hydrogen-bond acceptors (Lipinski definition) is 4. The lowest BCUT2D eigenvalue weighted by atomic mass is 10.0. The van der Waals surface area contributed by atoms with E-state index in [0.717, 1.165) is 22.4 Å². The molecule has 0 aromatic heterocycles. The van der Waals surface area contributed by atoms with Gasteiger partial charge in [0.25, 0.3) is 5.91 Å². The topological polar surface area (TPSA) is 84.9 Å². The van der Waals surface area contributed by atoms with Gasteiger partial charge in [-0.25, -0.2) is 4.79 Å². The zero-order valence-electron chi connectivity index (χ0n) is 14.5. The Kier molecular flexibility index (Phi) is 6.00. The van der Waals surface area contributed by atoms with Crippen molar-refractivity contribution in [2.45, 2.75) is 20.4 Å². The number of methoxy groups -OCH3 is 1. The average Bonchev–Trinajstić information content (AvgIpc) is 2.58. The standard InChI is InChI=1S/C19H21NO5/c1-12-7-15(8-13(2)18(12)24-3)19(23)20-10-14-5-4-6-16(9-14)25-11-17(21)22/h4-9H,10-11H2,1-3H3,(H,20,23)(H,21,22). The van der Waals surface area contributed by atoms with E-state index < -0.39 is 12.6 Å². The summed E-state index contributed by atoms with van der Waals surface area (Å²) in [4.78, 5) is 22.9. The van der Waals surface area contributed by atoms with E-state index in [1.165, 1.54) is 0 Å². The molecule has 0 radical (unpaired) electrons. The predicted molar refractivity (Wildman–Crippen MR) is 93.2 cm³/mol. The number of aliphatic carboxylic acids is 1. The SMILES string of the molecule is COc1c(C)cc(C(=O)NCc2cccc(OCC(=O)O)c2)cc1C. The van der Waals surface area contributed by atoms with E-state index in [-0.39, 0.29) is 5.91 Å². The predicted octanol–water partition coefficient (Wildman–Crippen LogP) is 2.71. The van der Waals surface area contributed by atoms with Crippen LogP contribution in [0.2, 0.25) is 0 Å². The van der Waals surface area contributed by atoms with Crippen LogP contribution in [0.5, 0.6) is 11.5 Å². The Morgan fingerprint density at radius 2 is 1.80 bits per heavy atom. The molecule has 6 heteroatoms. The smallest absolute Gasteiger partial charge is 0.341 e. The van der Waals surface area contributed by atoms with Crippen LogP contribution in [0.1, 0.15) is 27.0 Å². The first kappa shape index (κ1) is 18.3. The molecule has 0 saturated carbocycles. The average molecular weight is 343 g/mol. The Hall–Kier alpha value is -3.02. The molecule has 1 amide bonds. The van der Waals surface area contributed by atoms with Crippen molar-refractivity contribution in [2.75, 3.05) is 13.7 Å². The van der Waals surface area contributed by atoms with Gasteiger partial charge in [0.2, 0.25) is 0 Å². The highest BCUT2D eigenvalue weighted by molar-refractivity contribution is 5.94. The third-order valence-corrected chi connectivity index (χ3v) is 3.64. The molecule has 0 atom stereocenters. The van der Waals surface area contributed by atoms with E-state index in [1.807, 2.05) is 19.9 Å². The minimum Gasteiger partial charge on any atom is -0.496 e. The molecule has 0 spiro atoms. The highest BCUT2D eigenvalue weighted by atomic mass is 16.5. The Labute approximate surface area is 146 Å². The lowest BCUT2D eigenvalue weighted by molar-refractivity contribution is -0.139. The number of hydrogen-bond donors (Lipinski definition) is 2. The second-order valence-electron chi connectivity index (χ2n) is 5.66. The quantitative estimate of drug-likeness (QED) is 0.807. The Bertz CT molecular complexity index is 762. The van der Waals surface area contributed by atoms with Crippen LogP contribution < -0.4 is 14.8 Å². The number of amides is 1. The summed E-state index contributed by atoms with van der Waals surface area (Å²) in [5, 5.41) is 11.5. The molecule has 6 nitrogen and oxygen atoms in total. The number of carbonyl (C=O) groups is 2. The second kappa shape index (κ2) is 8.19. The van der Waals surface area contributed by atoms with Crippen LogP contribution in [0, 0.1) is 13.8 Å². The van der Waals surface area contributed by atoms with Crippen LogP contribution in [0.3, 0.4) is 0 Å². The molecule has 2 rings (SSSR count). The monoisotopic (exact) mass is 343 g/mol. The largest absolute Gasteiger partial charge is 0.496 e. The van der Waals surface area contributed by atoms with Gasteiger partial charge in [0.15, 0.2) is 6.61 Å². The van der Waals surface area contributed by atoms with E-state index >= 15 is 0 Å². The molecule has 0 aliphatic heterocycles. The lowest BCUT2D eigenvalue weighted by Gasteiger charge is -2.12. The van der Waals surface area contributed by atoms with Gasteiger partial charge in [-0.3, -0.25) is 4.79 Å². The number of rotatable bonds is 7. The fraction of sp³-hybridized carbons (Fsp3) is 0.263. The summed E-state index contributed by atoms with van der Waals surface area (Å²) in [6, 6.07) is 10.5. The van der Waals surface area contributed by atoms with Crippen molar-refractivity contribution in [3.63, 3.8) is 0 Å². The van der Waals surface area contributed by atoms with E-state index in [9.17, 15) is 9.59 Å². The maximum Gasteiger partial charge on any atom is 0.341 e. The fourth-order valence-electron chi connectivity index (χ4n) is 2.58. The summed E-state index contributed by atoms with van der Waals surface area (Å²) >= 11 is 0. The van der Waals surface area contributed by atoms with Crippen LogP contribution in [0.4, 0.5) is 0 Å². The number of carboxylic acid groups (broad SMARTS) is 1. The number of carbonyl (C=O) groups excluding carboxylic acids is 1. The normalized spacial score (nSPS) is 10.2. The van der Waals surface area contributed by atoms with Crippen LogP contribution in [-0.2, 0) is 11.3 Å². The van der Waals surface area contributed by atoms with Crippen molar-refractivity contribution in [2.24, 2.45) is 0 Å². The maximum atomic E-state index is 12.4. The van der Waals surface area contributed by atoms with Crippen molar-refractivity contribution in [3.05, 3.63) is 58.7 Å². The molecule has 2 aromatic carbocycles. The zero-order chi connectivity index (χ0) is 18.4. The molecule has 0 heterocycles. The summed E-state index contributed by atoms with van der Waals surface area (Å²) in [5.41, 5.74) is 3.18. The molecule has 132 valence electrons. The number of benzene rings is 2. The van der Waals surface area contributed by atoms with Crippen LogP contribution in [-0.4, -0.2) is 30.7 Å². The minimum absolute atomic E-state index is 0.189. The van der Waals surface area contributed by atoms with Crippen molar-refractivity contribution in [3.8, 4) is 11.5 Å². The Morgan fingerprint density at radius 1 is 1.12 bits per heavy atom. The Balaban J connectivity index is 2.02. The van der Waals surface area contributed by atoms with Crippen molar-refractivity contribution in [1.29, 1.82) is 0 Å². The van der Waals surface area contributed by atoms with Gasteiger partial charge < -0.3 is 19.9 Å². The first-order valence-electron chi connectivity index (χ1n) is 7.77. The molecular formula is C19H21NO5. The van der Waals surface area contributed by atoms with Gasteiger partial charge in [-0.05, 0) is 54.8 Å². The van der Waals surface area contributed by atoms with Gasteiger partial charge in [0.1, 0.15) is 11.5 Å². The highest BCUT2D eigenvalue weighted by Crippen LogP contribution is 2.24. The molecule has 0 bridgehead atoms. The van der Waals surface area contributed by atoms with Gasteiger partial charge in [-0.15, -0.1) is 0 Å². The maximum absolute atomic E-state index is 12.4. The van der Waals surface area contributed by atoms with E-state index in [4.69, 9.17) is 14.6 Å². The first-order valence-corrected chi connectivity index (χ1v) is 7.77. The molecule has 2 aromatic rings. The highest BCUT2D eigenvalue weighted by Gasteiger charge is 2.11. The van der Waals surface area contributed by atoms with Crippen LogP contribution >= 0.6 is 0 Å². The lowest BCUT2D eigenvalue weighted by Crippen LogP contribution is -2.23. The summed E-state index contributed by atoms with van der Waals surface area (Å²) in [7, 11) is 1.61. The van der Waals surface area contributed by atoms with E-state index in [1.54, 1.807) is 37.4 Å². The van der Waals surface area contributed by atoms with Crippen molar-refractivity contribution < 1.29 is 24.2 Å². The fourth-order valence-corrected chi connectivity index (χ4v) is 2.58. The van der Waals surface area contributed by atoms with Crippen molar-refractivity contribution in [1.82, 2.24) is 5.32 Å². The van der Waals surface area contributed by atoms with Gasteiger partial charge in [0.05, 0.1) is 7.11 Å². The van der Waals surface area contributed by atoms with Gasteiger partial charge in [-0.1, -0.05) is 12.1 Å². The number of aryl methyl sites for hydroxylation is 2. The number of nitrogens with one attached hydrogen (secondary N) is 1. The molecule has 0 aliphatic rings. The summed E-state index contributed by atoms with van der Waals surface area (Å²) in [5.74, 6) is -0.000206. The second-order valence-corrected chi connectivity index (χ2v) is 5.66. The summed E-state index contributed by atoms with van der Waals surface area (Å²) in [6.07, 6.45) is 0. The summed E-state index contributed by atoms with van der Waals surface area (Å²) in [6.45, 7) is 3.70. The van der Waals surface area contributed by atoms with Gasteiger partial charge in [0, 0.05) is 12.1 Å². The number of carboxylic acids is 1. The molecule has 0 aliphatic carbocycles. The van der Waals surface area contributed by atoms with Crippen molar-refractivity contribution >= 4 is 11.9 Å². The molecule has 0 saturated heterocycles. The zero-order valence-corrected chi connectivity index (χ0v) is 14.5. The first-order chi connectivity index (χ1) is 11.9. The van der Waals surface area contributed by atoms with E-state index in [2.05, 4.69) is 5.32 Å². The third-order valence-electron chi connectivity index (χ3n) is 3.64. The molecule has 0 unspecified atom stereocenters. The van der Waals surface area contributed by atoms with E-state index in [0.29, 0.717) is 17.9 Å². The van der Waals surface area contributed by atoms with Crippen LogP contribution in [0.15, 0.2) is 36.4 Å². The Morgan fingerprint density at radius 3 is 2.40 bits per heavy atom. The number of ether oxygens (including phenoxy) is 2. The van der Waals surface area contributed by atoms with Gasteiger partial charge >= 0.3 is 5.97 Å². The minimum atomic E-state index is -1.04. The summed E-state index contributed by atoms with van der Waals surface area (Å²) < 4.78 is 10.4. The molecular weight excluding hydrogens is 322 g/mol. The third kappa shape index (κ3) is 4.97. The van der Waals surface area contributed by atoms with Crippen LogP contribution in [0.25, 0.3) is 0 Å². The molecule has 2 N–H and O–H groups in total. The molecule has 0 fully saturated rings. The van der Waals surface area contributed by atoms with Gasteiger partial charge in [-0.2, -0.15) is 0 Å².